The lowest BCUT2D eigenvalue weighted by atomic mass is 10.3. The summed E-state index contributed by atoms with van der Waals surface area (Å²) in [4.78, 5) is 39.5. The summed E-state index contributed by atoms with van der Waals surface area (Å²) in [6.45, 7) is 0.368. The fourth-order valence-electron chi connectivity index (χ4n) is 1.97. The number of carbonyl (C=O) groups is 1. The van der Waals surface area contributed by atoms with Crippen LogP contribution in [0.2, 0.25) is 0 Å². The van der Waals surface area contributed by atoms with Gasteiger partial charge in [-0.1, -0.05) is 0 Å². The third-order valence-corrected chi connectivity index (χ3v) is 3.31. The molecule has 0 atom stereocenters. The van der Waals surface area contributed by atoms with Gasteiger partial charge in [0, 0.05) is 52.6 Å². The highest BCUT2D eigenvalue weighted by molar-refractivity contribution is 5.92. The van der Waals surface area contributed by atoms with Gasteiger partial charge in [-0.3, -0.25) is 18.7 Å². The van der Waals surface area contributed by atoms with Crippen LogP contribution in [0.1, 0.15) is 16.3 Å². The number of rotatable bonds is 4. The van der Waals surface area contributed by atoms with Gasteiger partial charge in [0.15, 0.2) is 0 Å². The average molecular weight is 291 g/mol. The van der Waals surface area contributed by atoms with Crippen molar-refractivity contribution in [1.82, 2.24) is 24.0 Å². The quantitative estimate of drug-likeness (QED) is 0.765. The molecule has 8 heteroatoms. The molecule has 2 heterocycles. The van der Waals surface area contributed by atoms with E-state index in [1.54, 1.807) is 6.20 Å². The molecule has 2 aromatic rings. The Morgan fingerprint density at radius 2 is 1.95 bits per heavy atom. The summed E-state index contributed by atoms with van der Waals surface area (Å²) < 4.78 is 3.96. The van der Waals surface area contributed by atoms with Crippen molar-refractivity contribution in [3.8, 4) is 0 Å². The summed E-state index contributed by atoms with van der Waals surface area (Å²) in [6.07, 6.45) is 4.07. The van der Waals surface area contributed by atoms with Gasteiger partial charge in [0.05, 0.1) is 0 Å². The van der Waals surface area contributed by atoms with E-state index in [9.17, 15) is 14.4 Å². The van der Waals surface area contributed by atoms with Crippen molar-refractivity contribution in [2.75, 3.05) is 6.54 Å². The minimum Gasteiger partial charge on any atom is -0.350 e. The van der Waals surface area contributed by atoms with Gasteiger partial charge in [0.2, 0.25) is 0 Å². The molecular weight excluding hydrogens is 274 g/mol. The van der Waals surface area contributed by atoms with Crippen molar-refractivity contribution in [1.29, 1.82) is 0 Å². The highest BCUT2D eigenvalue weighted by Crippen LogP contribution is 1.95. The molecule has 0 unspecified atom stereocenters. The van der Waals surface area contributed by atoms with Crippen LogP contribution in [0.15, 0.2) is 28.0 Å². The van der Waals surface area contributed by atoms with E-state index in [0.29, 0.717) is 13.0 Å². The van der Waals surface area contributed by atoms with Gasteiger partial charge in [0.25, 0.3) is 11.5 Å². The van der Waals surface area contributed by atoms with Gasteiger partial charge in [0.1, 0.15) is 11.5 Å². The van der Waals surface area contributed by atoms with Crippen LogP contribution in [0.25, 0.3) is 0 Å². The summed E-state index contributed by atoms with van der Waals surface area (Å²) in [5.74, 6) is 0.384. The number of aryl methyl sites for hydroxylation is 1. The molecule has 1 amide bonds. The Hall–Kier alpha value is -2.64. The minimum atomic E-state index is -0.531. The van der Waals surface area contributed by atoms with Crippen LogP contribution in [-0.2, 0) is 27.6 Å². The van der Waals surface area contributed by atoms with Crippen LogP contribution in [0.3, 0.4) is 0 Å². The summed E-state index contributed by atoms with van der Waals surface area (Å²) in [7, 11) is 4.69. The molecule has 1 N–H and O–H groups in total. The lowest BCUT2D eigenvalue weighted by Gasteiger charge is -2.09. The molecule has 2 rings (SSSR count). The van der Waals surface area contributed by atoms with Crippen LogP contribution >= 0.6 is 0 Å². The minimum absolute atomic E-state index is 0.0444. The normalized spacial score (nSPS) is 10.6. The van der Waals surface area contributed by atoms with Crippen molar-refractivity contribution in [2.45, 2.75) is 6.42 Å². The number of hydrogen-bond acceptors (Lipinski definition) is 4. The molecule has 8 nitrogen and oxygen atoms in total. The van der Waals surface area contributed by atoms with Crippen LogP contribution < -0.4 is 16.6 Å². The van der Waals surface area contributed by atoms with E-state index in [4.69, 9.17) is 0 Å². The van der Waals surface area contributed by atoms with Crippen LogP contribution in [0.4, 0.5) is 0 Å². The first-order chi connectivity index (χ1) is 9.91. The fourth-order valence-corrected chi connectivity index (χ4v) is 1.97. The molecule has 0 aliphatic heterocycles. The fraction of sp³-hybridized carbons (Fsp3) is 0.385. The largest absolute Gasteiger partial charge is 0.350 e. The van der Waals surface area contributed by atoms with Gasteiger partial charge in [-0.2, -0.15) is 0 Å². The van der Waals surface area contributed by atoms with E-state index in [-0.39, 0.29) is 5.69 Å². The molecule has 0 aliphatic carbocycles. The van der Waals surface area contributed by atoms with E-state index in [1.807, 2.05) is 17.8 Å². The molecule has 0 bridgehead atoms. The first-order valence-corrected chi connectivity index (χ1v) is 6.43. The topological polar surface area (TPSA) is 90.9 Å². The maximum atomic E-state index is 12.0. The van der Waals surface area contributed by atoms with Gasteiger partial charge >= 0.3 is 5.69 Å². The van der Waals surface area contributed by atoms with Gasteiger partial charge < -0.3 is 9.88 Å². The first-order valence-electron chi connectivity index (χ1n) is 6.43. The Morgan fingerprint density at radius 3 is 2.57 bits per heavy atom. The molecule has 0 radical (unpaired) electrons. The van der Waals surface area contributed by atoms with Crippen molar-refractivity contribution >= 4 is 5.91 Å². The average Bonchev–Trinajstić information content (AvgIpc) is 2.86. The third kappa shape index (κ3) is 2.93. The lowest BCUT2D eigenvalue weighted by Crippen LogP contribution is -2.41. The Kier molecular flexibility index (Phi) is 4.06. The highest BCUT2D eigenvalue weighted by Gasteiger charge is 2.13. The summed E-state index contributed by atoms with van der Waals surface area (Å²) in [5.41, 5.74) is -0.993. The number of imidazole rings is 1. The Morgan fingerprint density at radius 1 is 1.24 bits per heavy atom. The zero-order valence-corrected chi connectivity index (χ0v) is 12.2. The maximum absolute atomic E-state index is 12.0. The SMILES string of the molecule is Cn1ccnc1CCNC(=O)c1cc(=O)n(C)c(=O)n1C. The van der Waals surface area contributed by atoms with Gasteiger partial charge in [-0.05, 0) is 0 Å². The molecule has 112 valence electrons. The number of carbonyl (C=O) groups excluding carboxylic acids is 1. The number of nitrogens with zero attached hydrogens (tertiary/aromatic N) is 4. The van der Waals surface area contributed by atoms with Crippen LogP contribution in [0, 0.1) is 0 Å². The molecular formula is C13H17N5O3. The predicted octanol–water partition coefficient (Wildman–Crippen LogP) is -1.21. The van der Waals surface area contributed by atoms with Crippen LogP contribution in [-0.4, -0.2) is 31.1 Å². The second-order valence-corrected chi connectivity index (χ2v) is 4.73. The Balaban J connectivity index is 2.09. The van der Waals surface area contributed by atoms with Crippen molar-refractivity contribution in [3.63, 3.8) is 0 Å². The standard InChI is InChI=1S/C13H17N5O3/c1-16-7-6-14-10(16)4-5-15-12(20)9-8-11(19)18(3)13(21)17(9)2/h6-8H,4-5H2,1-3H3,(H,15,20). The molecule has 0 saturated heterocycles. The summed E-state index contributed by atoms with van der Waals surface area (Å²) >= 11 is 0. The van der Waals surface area contributed by atoms with Gasteiger partial charge in [-0.25, -0.2) is 9.78 Å². The number of amides is 1. The highest BCUT2D eigenvalue weighted by atomic mass is 16.2. The van der Waals surface area contributed by atoms with Crippen LogP contribution in [0.5, 0.6) is 0 Å². The lowest BCUT2D eigenvalue weighted by molar-refractivity contribution is 0.0943. The zero-order chi connectivity index (χ0) is 15.6. The zero-order valence-electron chi connectivity index (χ0n) is 12.2. The number of hydrogen-bond donors (Lipinski definition) is 1. The molecule has 0 aliphatic rings. The van der Waals surface area contributed by atoms with Crippen molar-refractivity contribution < 1.29 is 4.79 Å². The van der Waals surface area contributed by atoms with E-state index < -0.39 is 17.2 Å². The van der Waals surface area contributed by atoms with E-state index >= 15 is 0 Å². The second kappa shape index (κ2) is 5.78. The third-order valence-electron chi connectivity index (χ3n) is 3.31. The molecule has 2 aromatic heterocycles. The number of nitrogens with one attached hydrogen (secondary N) is 1. The van der Waals surface area contributed by atoms with Gasteiger partial charge in [-0.15, -0.1) is 0 Å². The molecule has 0 fully saturated rings. The monoisotopic (exact) mass is 291 g/mol. The molecule has 0 aromatic carbocycles. The molecule has 0 spiro atoms. The molecule has 21 heavy (non-hydrogen) atoms. The predicted molar refractivity (Wildman–Crippen MR) is 76.2 cm³/mol. The van der Waals surface area contributed by atoms with E-state index in [2.05, 4.69) is 10.3 Å². The summed E-state index contributed by atoms with van der Waals surface area (Å²) in [5, 5.41) is 2.68. The maximum Gasteiger partial charge on any atom is 0.331 e. The molecule has 0 saturated carbocycles. The summed E-state index contributed by atoms with van der Waals surface area (Å²) in [6, 6.07) is 1.15. The van der Waals surface area contributed by atoms with E-state index in [1.165, 1.54) is 14.1 Å². The Bertz CT molecular complexity index is 784. The second-order valence-electron chi connectivity index (χ2n) is 4.73. The Labute approximate surface area is 120 Å². The number of aromatic nitrogens is 4. The van der Waals surface area contributed by atoms with E-state index in [0.717, 1.165) is 21.0 Å². The van der Waals surface area contributed by atoms with Crippen molar-refractivity contribution in [2.24, 2.45) is 21.1 Å². The van der Waals surface area contributed by atoms with Crippen molar-refractivity contribution in [3.05, 3.63) is 50.8 Å². The smallest absolute Gasteiger partial charge is 0.331 e. The first kappa shape index (κ1) is 14.8.